The van der Waals surface area contributed by atoms with E-state index in [0.717, 1.165) is 5.56 Å². The highest BCUT2D eigenvalue weighted by Gasteiger charge is 2.56. The van der Waals surface area contributed by atoms with Gasteiger partial charge in [0.2, 0.25) is 5.91 Å². The molecule has 0 bridgehead atoms. The molecule has 0 aromatic heterocycles. The van der Waals surface area contributed by atoms with Crippen molar-refractivity contribution in [3.8, 4) is 0 Å². The van der Waals surface area contributed by atoms with Crippen LogP contribution < -0.4 is 5.32 Å². The van der Waals surface area contributed by atoms with Gasteiger partial charge in [-0.1, -0.05) is 30.3 Å². The van der Waals surface area contributed by atoms with E-state index >= 15 is 0 Å². The van der Waals surface area contributed by atoms with E-state index in [1.54, 1.807) is 0 Å². The fourth-order valence-corrected chi connectivity index (χ4v) is 3.68. The first-order valence-electron chi connectivity index (χ1n) is 8.08. The molecule has 2 atom stereocenters. The number of esters is 1. The fourth-order valence-electron chi connectivity index (χ4n) is 3.68. The van der Waals surface area contributed by atoms with Gasteiger partial charge in [-0.05, 0) is 19.4 Å². The minimum Gasteiger partial charge on any atom is -0.458 e. The summed E-state index contributed by atoms with van der Waals surface area (Å²) in [4.78, 5) is 24.5. The van der Waals surface area contributed by atoms with E-state index in [4.69, 9.17) is 9.47 Å². The number of rotatable bonds is 3. The van der Waals surface area contributed by atoms with Gasteiger partial charge in [-0.3, -0.25) is 9.59 Å². The molecule has 3 rings (SSSR count). The maximum atomic E-state index is 12.7. The van der Waals surface area contributed by atoms with Gasteiger partial charge >= 0.3 is 5.97 Å². The molecule has 1 aromatic rings. The largest absolute Gasteiger partial charge is 0.458 e. The molecule has 124 valence electrons. The Labute approximate surface area is 136 Å². The molecule has 0 radical (unpaired) electrons. The lowest BCUT2D eigenvalue weighted by Crippen LogP contribution is -2.52. The number of hydrogen-bond donors (Lipinski definition) is 1. The molecule has 0 aliphatic carbocycles. The summed E-state index contributed by atoms with van der Waals surface area (Å²) in [7, 11) is 0. The van der Waals surface area contributed by atoms with Gasteiger partial charge < -0.3 is 14.8 Å². The van der Waals surface area contributed by atoms with E-state index in [2.05, 4.69) is 5.32 Å². The van der Waals surface area contributed by atoms with E-state index < -0.39 is 11.5 Å². The van der Waals surface area contributed by atoms with Crippen LogP contribution in [0.2, 0.25) is 0 Å². The maximum absolute atomic E-state index is 12.7. The van der Waals surface area contributed by atoms with Crippen LogP contribution in [0.5, 0.6) is 0 Å². The van der Waals surface area contributed by atoms with Gasteiger partial charge in [-0.2, -0.15) is 0 Å². The SMILES string of the molecule is CC1(C)C[C@@]2(CCO1)OC(=O)C[C@@H]2C(=O)NCc1ccccc1. The Morgan fingerprint density at radius 2 is 2.04 bits per heavy atom. The standard InChI is InChI=1S/C18H23NO4/c1-17(2)12-18(8-9-22-17)14(10-15(20)23-18)16(21)19-11-13-6-4-3-5-7-13/h3-7,14H,8-12H2,1-2H3,(H,19,21)/t14-,18-/m1/s1. The number of amides is 1. The van der Waals surface area contributed by atoms with E-state index in [0.29, 0.717) is 26.0 Å². The summed E-state index contributed by atoms with van der Waals surface area (Å²) in [5.41, 5.74) is -0.0760. The number of carbonyl (C=O) groups excluding carboxylic acids is 2. The van der Waals surface area contributed by atoms with Crippen molar-refractivity contribution in [2.24, 2.45) is 5.92 Å². The third-order valence-corrected chi connectivity index (χ3v) is 4.69. The minimum absolute atomic E-state index is 0.114. The van der Waals surface area contributed by atoms with Crippen LogP contribution in [-0.2, 0) is 25.6 Å². The Balaban J connectivity index is 1.71. The summed E-state index contributed by atoms with van der Waals surface area (Å²) in [6, 6.07) is 9.74. The molecular formula is C18H23NO4. The molecule has 2 aliphatic rings. The van der Waals surface area contributed by atoms with Gasteiger partial charge in [0.15, 0.2) is 0 Å². The molecule has 2 fully saturated rings. The number of benzene rings is 1. The minimum atomic E-state index is -0.723. The summed E-state index contributed by atoms with van der Waals surface area (Å²) < 4.78 is 11.4. The molecule has 5 heteroatoms. The molecule has 0 unspecified atom stereocenters. The normalized spacial score (nSPS) is 29.3. The van der Waals surface area contributed by atoms with Gasteiger partial charge in [-0.15, -0.1) is 0 Å². The average molecular weight is 317 g/mol. The Morgan fingerprint density at radius 1 is 1.30 bits per heavy atom. The highest BCUT2D eigenvalue weighted by Crippen LogP contribution is 2.45. The summed E-state index contributed by atoms with van der Waals surface area (Å²) >= 11 is 0. The number of hydrogen-bond acceptors (Lipinski definition) is 4. The third-order valence-electron chi connectivity index (χ3n) is 4.69. The van der Waals surface area contributed by atoms with Gasteiger partial charge in [-0.25, -0.2) is 0 Å². The second-order valence-electron chi connectivity index (χ2n) is 7.03. The van der Waals surface area contributed by atoms with Crippen molar-refractivity contribution in [1.82, 2.24) is 5.32 Å². The van der Waals surface area contributed by atoms with Crippen LogP contribution in [0.4, 0.5) is 0 Å². The molecule has 23 heavy (non-hydrogen) atoms. The summed E-state index contributed by atoms with van der Waals surface area (Å²) in [6.45, 7) is 4.90. The lowest BCUT2D eigenvalue weighted by molar-refractivity contribution is -0.179. The number of carbonyl (C=O) groups is 2. The van der Waals surface area contributed by atoms with Crippen molar-refractivity contribution in [3.05, 3.63) is 35.9 Å². The Morgan fingerprint density at radius 3 is 2.74 bits per heavy atom. The summed E-state index contributed by atoms with van der Waals surface area (Å²) in [5, 5.41) is 2.95. The molecule has 5 nitrogen and oxygen atoms in total. The average Bonchev–Trinajstić information content (AvgIpc) is 2.80. The van der Waals surface area contributed by atoms with Crippen molar-refractivity contribution >= 4 is 11.9 Å². The zero-order valence-corrected chi connectivity index (χ0v) is 13.6. The highest BCUT2D eigenvalue weighted by molar-refractivity contribution is 5.87. The van der Waals surface area contributed by atoms with E-state index in [-0.39, 0.29) is 23.9 Å². The van der Waals surface area contributed by atoms with Gasteiger partial charge in [0.05, 0.1) is 24.5 Å². The van der Waals surface area contributed by atoms with Crippen LogP contribution in [0.3, 0.4) is 0 Å². The zero-order valence-electron chi connectivity index (χ0n) is 13.6. The molecular weight excluding hydrogens is 294 g/mol. The molecule has 1 N–H and O–H groups in total. The monoisotopic (exact) mass is 317 g/mol. The van der Waals surface area contributed by atoms with Crippen LogP contribution in [0.25, 0.3) is 0 Å². The first kappa shape index (κ1) is 16.0. The molecule has 0 saturated carbocycles. The van der Waals surface area contributed by atoms with Crippen LogP contribution >= 0.6 is 0 Å². The fraction of sp³-hybridized carbons (Fsp3) is 0.556. The first-order valence-corrected chi connectivity index (χ1v) is 8.08. The van der Waals surface area contributed by atoms with E-state index in [1.807, 2.05) is 44.2 Å². The Kier molecular flexibility index (Phi) is 4.15. The van der Waals surface area contributed by atoms with E-state index in [1.165, 1.54) is 0 Å². The van der Waals surface area contributed by atoms with Gasteiger partial charge in [0.25, 0.3) is 0 Å². The lowest BCUT2D eigenvalue weighted by Gasteiger charge is -2.43. The maximum Gasteiger partial charge on any atom is 0.307 e. The predicted octanol–water partition coefficient (Wildman–Crippen LogP) is 2.19. The smallest absolute Gasteiger partial charge is 0.307 e. The van der Waals surface area contributed by atoms with Crippen molar-refractivity contribution in [2.75, 3.05) is 6.61 Å². The van der Waals surface area contributed by atoms with E-state index in [9.17, 15) is 9.59 Å². The molecule has 1 spiro atoms. The van der Waals surface area contributed by atoms with Crippen molar-refractivity contribution < 1.29 is 19.1 Å². The lowest BCUT2D eigenvalue weighted by atomic mass is 9.75. The highest BCUT2D eigenvalue weighted by atomic mass is 16.6. The molecule has 2 saturated heterocycles. The van der Waals surface area contributed by atoms with Crippen molar-refractivity contribution in [1.29, 1.82) is 0 Å². The van der Waals surface area contributed by atoms with Gasteiger partial charge in [0.1, 0.15) is 5.60 Å². The Hall–Kier alpha value is -1.88. The van der Waals surface area contributed by atoms with Crippen molar-refractivity contribution in [2.45, 2.75) is 50.9 Å². The zero-order chi connectivity index (χ0) is 16.5. The number of ether oxygens (including phenoxy) is 2. The van der Waals surface area contributed by atoms with Crippen LogP contribution in [0, 0.1) is 5.92 Å². The van der Waals surface area contributed by atoms with Crippen LogP contribution in [-0.4, -0.2) is 29.7 Å². The predicted molar refractivity (Wildman–Crippen MR) is 84.5 cm³/mol. The van der Waals surface area contributed by atoms with Crippen LogP contribution in [0.1, 0.15) is 38.7 Å². The summed E-state index contributed by atoms with van der Waals surface area (Å²) in [6.07, 6.45) is 1.28. The molecule has 2 heterocycles. The Bertz CT molecular complexity index is 598. The number of nitrogens with one attached hydrogen (secondary N) is 1. The van der Waals surface area contributed by atoms with Gasteiger partial charge in [0, 0.05) is 19.4 Å². The molecule has 2 aliphatic heterocycles. The quantitative estimate of drug-likeness (QED) is 0.868. The second kappa shape index (κ2) is 5.96. The third kappa shape index (κ3) is 3.39. The van der Waals surface area contributed by atoms with Crippen LogP contribution in [0.15, 0.2) is 30.3 Å². The first-order chi connectivity index (χ1) is 10.9. The van der Waals surface area contributed by atoms with Crippen molar-refractivity contribution in [3.63, 3.8) is 0 Å². The molecule has 1 aromatic carbocycles. The molecule has 1 amide bonds. The topological polar surface area (TPSA) is 64.6 Å². The second-order valence-corrected chi connectivity index (χ2v) is 7.03. The summed E-state index contributed by atoms with van der Waals surface area (Å²) in [5.74, 6) is -0.846.